The van der Waals surface area contributed by atoms with Crippen LogP contribution in [-0.2, 0) is 11.2 Å². The zero-order valence-electron chi connectivity index (χ0n) is 10.5. The van der Waals surface area contributed by atoms with E-state index in [-0.39, 0.29) is 11.9 Å². The summed E-state index contributed by atoms with van der Waals surface area (Å²) in [5.41, 5.74) is -0.298. The van der Waals surface area contributed by atoms with Crippen LogP contribution in [0.3, 0.4) is 0 Å². The molecule has 1 aromatic carbocycles. The highest BCUT2D eigenvalue weighted by Crippen LogP contribution is 2.35. The summed E-state index contributed by atoms with van der Waals surface area (Å²) in [5.74, 6) is -0.331. The summed E-state index contributed by atoms with van der Waals surface area (Å²) in [6, 6.07) is 4.24. The molecule has 1 saturated carbocycles. The second-order valence-electron chi connectivity index (χ2n) is 4.99. The van der Waals surface area contributed by atoms with Crippen molar-refractivity contribution in [3.8, 4) is 0 Å². The number of hydrogen-bond donors (Lipinski definition) is 1. The van der Waals surface area contributed by atoms with Crippen molar-refractivity contribution in [2.75, 3.05) is 7.11 Å². The Balaban J connectivity index is 2.22. The van der Waals surface area contributed by atoms with Gasteiger partial charge in [-0.1, -0.05) is 24.4 Å². The van der Waals surface area contributed by atoms with E-state index < -0.39 is 5.60 Å². The van der Waals surface area contributed by atoms with Gasteiger partial charge < -0.3 is 9.84 Å². The first-order chi connectivity index (χ1) is 8.55. The lowest BCUT2D eigenvalue weighted by atomic mass is 9.78. The van der Waals surface area contributed by atoms with Crippen LogP contribution in [-0.4, -0.2) is 23.9 Å². The number of aliphatic hydroxyl groups is 1. The second-order valence-corrected chi connectivity index (χ2v) is 5.39. The van der Waals surface area contributed by atoms with Crippen LogP contribution >= 0.6 is 11.6 Å². The number of rotatable bonds is 3. The minimum atomic E-state index is -0.940. The predicted molar refractivity (Wildman–Crippen MR) is 69.3 cm³/mol. The molecule has 1 aliphatic rings. The van der Waals surface area contributed by atoms with Crippen LogP contribution in [0.2, 0.25) is 5.02 Å². The van der Waals surface area contributed by atoms with Gasteiger partial charge in [0, 0.05) is 18.6 Å². The number of halogens is 2. The molecule has 0 aromatic heterocycles. The molecule has 1 aliphatic carbocycles. The first-order valence-corrected chi connectivity index (χ1v) is 6.62. The molecular weight excluding hydrogens is 255 g/mol. The highest BCUT2D eigenvalue weighted by Gasteiger charge is 2.39. The molecule has 0 saturated heterocycles. The molecular formula is C14H18ClFO2. The van der Waals surface area contributed by atoms with E-state index in [1.54, 1.807) is 7.11 Å². The molecule has 0 amide bonds. The van der Waals surface area contributed by atoms with Gasteiger partial charge in [0.2, 0.25) is 0 Å². The summed E-state index contributed by atoms with van der Waals surface area (Å²) in [4.78, 5) is 0. The number of methoxy groups -OCH3 is 1. The Kier molecular flexibility index (Phi) is 4.25. The van der Waals surface area contributed by atoms with Crippen molar-refractivity contribution in [3.05, 3.63) is 34.6 Å². The Morgan fingerprint density at radius 3 is 3.00 bits per heavy atom. The molecule has 0 spiro atoms. The lowest BCUT2D eigenvalue weighted by Crippen LogP contribution is -2.47. The average Bonchev–Trinajstić information content (AvgIpc) is 2.34. The Labute approximate surface area is 112 Å². The van der Waals surface area contributed by atoms with E-state index in [9.17, 15) is 9.50 Å². The van der Waals surface area contributed by atoms with Crippen molar-refractivity contribution >= 4 is 11.6 Å². The summed E-state index contributed by atoms with van der Waals surface area (Å²) < 4.78 is 18.6. The quantitative estimate of drug-likeness (QED) is 0.914. The zero-order chi connectivity index (χ0) is 13.2. The van der Waals surface area contributed by atoms with E-state index in [1.165, 1.54) is 18.2 Å². The number of hydrogen-bond acceptors (Lipinski definition) is 2. The monoisotopic (exact) mass is 272 g/mol. The zero-order valence-corrected chi connectivity index (χ0v) is 11.2. The average molecular weight is 273 g/mol. The standard InChI is InChI=1S/C14H18ClFO2/c1-18-13-4-2-3-7-14(13,17)9-10-8-11(16)5-6-12(10)15/h5-6,8,13,17H,2-4,7,9H2,1H3. The van der Waals surface area contributed by atoms with Gasteiger partial charge in [0.05, 0.1) is 11.7 Å². The van der Waals surface area contributed by atoms with E-state index >= 15 is 0 Å². The van der Waals surface area contributed by atoms with Crippen molar-refractivity contribution in [1.82, 2.24) is 0 Å². The molecule has 0 bridgehead atoms. The maximum Gasteiger partial charge on any atom is 0.123 e. The molecule has 0 heterocycles. The molecule has 0 radical (unpaired) electrons. The van der Waals surface area contributed by atoms with Crippen LogP contribution in [0.4, 0.5) is 4.39 Å². The van der Waals surface area contributed by atoms with Gasteiger partial charge >= 0.3 is 0 Å². The van der Waals surface area contributed by atoms with Crippen LogP contribution in [0.15, 0.2) is 18.2 Å². The third-order valence-electron chi connectivity index (χ3n) is 3.71. The Bertz CT molecular complexity index is 424. The van der Waals surface area contributed by atoms with Gasteiger partial charge in [0.25, 0.3) is 0 Å². The first-order valence-electron chi connectivity index (χ1n) is 6.24. The fourth-order valence-corrected chi connectivity index (χ4v) is 2.92. The SMILES string of the molecule is COC1CCCCC1(O)Cc1cc(F)ccc1Cl. The summed E-state index contributed by atoms with van der Waals surface area (Å²) in [6.45, 7) is 0. The third-order valence-corrected chi connectivity index (χ3v) is 4.08. The number of benzene rings is 1. The molecule has 2 unspecified atom stereocenters. The highest BCUT2D eigenvalue weighted by molar-refractivity contribution is 6.31. The number of ether oxygens (including phenoxy) is 1. The van der Waals surface area contributed by atoms with Gasteiger partial charge in [0.1, 0.15) is 5.82 Å². The van der Waals surface area contributed by atoms with E-state index in [2.05, 4.69) is 0 Å². The lowest BCUT2D eigenvalue weighted by Gasteiger charge is -2.39. The van der Waals surface area contributed by atoms with Gasteiger partial charge in [-0.3, -0.25) is 0 Å². The minimum Gasteiger partial charge on any atom is -0.387 e. The van der Waals surface area contributed by atoms with E-state index in [1.807, 2.05) is 0 Å². The Morgan fingerprint density at radius 1 is 1.50 bits per heavy atom. The minimum absolute atomic E-state index is 0.203. The normalized spacial score (nSPS) is 28.3. The van der Waals surface area contributed by atoms with E-state index in [0.717, 1.165) is 19.3 Å². The topological polar surface area (TPSA) is 29.5 Å². The Hall–Kier alpha value is -0.640. The summed E-state index contributed by atoms with van der Waals surface area (Å²) in [7, 11) is 1.61. The summed E-state index contributed by atoms with van der Waals surface area (Å²) >= 11 is 6.05. The first kappa shape index (κ1) is 13.8. The maximum absolute atomic E-state index is 13.2. The van der Waals surface area contributed by atoms with Gasteiger partial charge in [0.15, 0.2) is 0 Å². The second kappa shape index (κ2) is 5.55. The fourth-order valence-electron chi connectivity index (χ4n) is 2.74. The third kappa shape index (κ3) is 2.85. The molecule has 2 nitrogen and oxygen atoms in total. The predicted octanol–water partition coefficient (Wildman–Crippen LogP) is 3.34. The van der Waals surface area contributed by atoms with Gasteiger partial charge in [-0.05, 0) is 36.6 Å². The molecule has 2 atom stereocenters. The maximum atomic E-state index is 13.2. The molecule has 2 rings (SSSR count). The molecule has 18 heavy (non-hydrogen) atoms. The molecule has 1 N–H and O–H groups in total. The van der Waals surface area contributed by atoms with Gasteiger partial charge in [-0.15, -0.1) is 0 Å². The van der Waals surface area contributed by atoms with Crippen LogP contribution in [0, 0.1) is 5.82 Å². The highest BCUT2D eigenvalue weighted by atomic mass is 35.5. The lowest BCUT2D eigenvalue weighted by molar-refractivity contribution is -0.116. The van der Waals surface area contributed by atoms with Crippen LogP contribution in [0.1, 0.15) is 31.2 Å². The summed E-state index contributed by atoms with van der Waals surface area (Å²) in [6.07, 6.45) is 3.65. The summed E-state index contributed by atoms with van der Waals surface area (Å²) in [5, 5.41) is 11.2. The van der Waals surface area contributed by atoms with Crippen LogP contribution < -0.4 is 0 Å². The van der Waals surface area contributed by atoms with Crippen molar-refractivity contribution in [2.24, 2.45) is 0 Å². The fraction of sp³-hybridized carbons (Fsp3) is 0.571. The molecule has 4 heteroatoms. The largest absolute Gasteiger partial charge is 0.387 e. The van der Waals surface area contributed by atoms with Crippen molar-refractivity contribution < 1.29 is 14.2 Å². The van der Waals surface area contributed by atoms with Gasteiger partial charge in [-0.25, -0.2) is 4.39 Å². The van der Waals surface area contributed by atoms with Crippen molar-refractivity contribution in [1.29, 1.82) is 0 Å². The van der Waals surface area contributed by atoms with Crippen molar-refractivity contribution in [3.63, 3.8) is 0 Å². The molecule has 0 aliphatic heterocycles. The molecule has 1 aromatic rings. The smallest absolute Gasteiger partial charge is 0.123 e. The van der Waals surface area contributed by atoms with Crippen LogP contribution in [0.25, 0.3) is 0 Å². The van der Waals surface area contributed by atoms with Crippen molar-refractivity contribution in [2.45, 2.75) is 43.8 Å². The molecule has 100 valence electrons. The molecule has 1 fully saturated rings. The Morgan fingerprint density at radius 2 is 2.28 bits per heavy atom. The van der Waals surface area contributed by atoms with E-state index in [4.69, 9.17) is 16.3 Å². The van der Waals surface area contributed by atoms with Crippen LogP contribution in [0.5, 0.6) is 0 Å². The van der Waals surface area contributed by atoms with Gasteiger partial charge in [-0.2, -0.15) is 0 Å². The van der Waals surface area contributed by atoms with E-state index in [0.29, 0.717) is 23.4 Å².